The van der Waals surface area contributed by atoms with E-state index in [-0.39, 0.29) is 0 Å². The molecule has 0 atom stereocenters. The molecule has 0 aromatic heterocycles. The van der Waals surface area contributed by atoms with Gasteiger partial charge in [-0.3, -0.25) is 0 Å². The first kappa shape index (κ1) is 17.4. The van der Waals surface area contributed by atoms with Crippen LogP contribution in [0.2, 0.25) is 0 Å². The van der Waals surface area contributed by atoms with E-state index < -0.39 is 16.5 Å². The van der Waals surface area contributed by atoms with Crippen LogP contribution in [-0.2, 0) is 0 Å². The minimum atomic E-state index is -1.50. The summed E-state index contributed by atoms with van der Waals surface area (Å²) in [6.07, 6.45) is -0.699. The third-order valence-electron chi connectivity index (χ3n) is 0.365. The number of hydrogen-bond donors (Lipinski definition) is 4. The summed E-state index contributed by atoms with van der Waals surface area (Å²) in [5.41, 5.74) is 0. The fourth-order valence-corrected chi connectivity index (χ4v) is 0. The molecule has 80 valence electrons. The van der Waals surface area contributed by atoms with E-state index in [1.165, 1.54) is 0 Å². The summed E-state index contributed by atoms with van der Waals surface area (Å²) in [5.74, 6) is 0. The van der Waals surface area contributed by atoms with Crippen molar-refractivity contribution in [2.24, 2.45) is 0 Å². The third-order valence-corrected chi connectivity index (χ3v) is 0.365. The molecule has 10 heteroatoms. The first-order chi connectivity index (χ1) is 5.73. The minimum absolute atomic E-state index is 0.417. The van der Waals surface area contributed by atoms with Crippen molar-refractivity contribution >= 4 is 0 Å². The highest BCUT2D eigenvalue weighted by Crippen LogP contribution is 1.77. The Morgan fingerprint density at radius 1 is 1.15 bits per heavy atom. The largest absolute Gasteiger partial charge is 0.368 e. The lowest BCUT2D eigenvalue weighted by Crippen LogP contribution is -1.99. The monoisotopic (exact) mass is 202 g/mol. The van der Waals surface area contributed by atoms with Crippen molar-refractivity contribution in [1.82, 2.24) is 0 Å². The smallest absolute Gasteiger partial charge is 0.291 e. The Hall–Kier alpha value is -1.68. The van der Waals surface area contributed by atoms with Crippen LogP contribution in [0.15, 0.2) is 0 Å². The second-order valence-electron chi connectivity index (χ2n) is 1.36. The summed E-state index contributed by atoms with van der Waals surface area (Å²) in [7, 11) is 0. The number of hydrogen-bond acceptors (Lipinski definition) is 6. The predicted octanol–water partition coefficient (Wildman–Crippen LogP) is -0.988. The molecule has 0 fully saturated rings. The molecular formula is C3H10N2O8. The Bertz CT molecular complexity index is 115. The molecule has 0 aliphatic heterocycles. The molecule has 0 aromatic carbocycles. The SMILES string of the molecule is CCC(O)O.O=[N+]([O-])O.O=[N+]([O-])O. The quantitative estimate of drug-likeness (QED) is 0.238. The van der Waals surface area contributed by atoms with Crippen molar-refractivity contribution in [2.45, 2.75) is 19.6 Å². The summed E-state index contributed by atoms with van der Waals surface area (Å²) >= 11 is 0. The van der Waals surface area contributed by atoms with Gasteiger partial charge in [0, 0.05) is 0 Å². The van der Waals surface area contributed by atoms with Crippen LogP contribution in [0.25, 0.3) is 0 Å². The molecule has 0 aliphatic rings. The maximum absolute atomic E-state index is 8.36. The van der Waals surface area contributed by atoms with Gasteiger partial charge in [-0.25, -0.2) is 0 Å². The molecule has 10 nitrogen and oxygen atoms in total. The van der Waals surface area contributed by atoms with Crippen LogP contribution in [0.4, 0.5) is 0 Å². The van der Waals surface area contributed by atoms with E-state index in [0.29, 0.717) is 6.42 Å². The third kappa shape index (κ3) is 6980. The minimum Gasteiger partial charge on any atom is -0.368 e. The van der Waals surface area contributed by atoms with Crippen LogP contribution in [0, 0.1) is 20.2 Å². The Balaban J connectivity index is -0.000000117. The fourth-order valence-electron chi connectivity index (χ4n) is 0. The highest BCUT2D eigenvalue weighted by atomic mass is 16.9. The average molecular weight is 202 g/mol. The normalized spacial score (nSPS) is 7.38. The number of aliphatic hydroxyl groups is 2. The molecule has 0 unspecified atom stereocenters. The maximum Gasteiger partial charge on any atom is 0.291 e. The summed E-state index contributed by atoms with van der Waals surface area (Å²) in [5, 5.41) is 43.1. The van der Waals surface area contributed by atoms with E-state index in [1.807, 2.05) is 0 Å². The van der Waals surface area contributed by atoms with Gasteiger partial charge in [0.25, 0.3) is 10.2 Å². The van der Waals surface area contributed by atoms with Gasteiger partial charge in [-0.05, 0) is 6.42 Å². The molecule has 0 aromatic rings. The molecule has 0 heterocycles. The standard InChI is InChI=1S/C3H8O2.2HNO3/c1-2-3(4)5;2*2-1(3)4/h3-5H,2H2,1H3;2*(H,2,3,4). The fraction of sp³-hybridized carbons (Fsp3) is 1.00. The second-order valence-corrected chi connectivity index (χ2v) is 1.36. The van der Waals surface area contributed by atoms with E-state index in [2.05, 4.69) is 0 Å². The Morgan fingerprint density at radius 3 is 1.23 bits per heavy atom. The van der Waals surface area contributed by atoms with E-state index in [9.17, 15) is 0 Å². The van der Waals surface area contributed by atoms with Gasteiger partial charge in [0.15, 0.2) is 6.29 Å². The lowest BCUT2D eigenvalue weighted by atomic mass is 10.5. The van der Waals surface area contributed by atoms with Gasteiger partial charge in [0.1, 0.15) is 0 Å². The van der Waals surface area contributed by atoms with E-state index >= 15 is 0 Å². The summed E-state index contributed by atoms with van der Waals surface area (Å²) in [6, 6.07) is 0. The maximum atomic E-state index is 8.36. The lowest BCUT2D eigenvalue weighted by Gasteiger charge is -1.90. The molecule has 0 saturated heterocycles. The average Bonchev–Trinajstić information content (AvgIpc) is 1.84. The number of nitrogens with zero attached hydrogens (tertiary/aromatic N) is 2. The van der Waals surface area contributed by atoms with E-state index in [4.69, 9.17) is 40.9 Å². The summed E-state index contributed by atoms with van der Waals surface area (Å²) in [4.78, 5) is 16.7. The number of aliphatic hydroxyl groups excluding tert-OH is 1. The zero-order chi connectivity index (χ0) is 11.4. The van der Waals surface area contributed by atoms with Crippen LogP contribution < -0.4 is 0 Å². The van der Waals surface area contributed by atoms with Gasteiger partial charge < -0.3 is 20.6 Å². The first-order valence-electron chi connectivity index (χ1n) is 2.76. The van der Waals surface area contributed by atoms with Crippen molar-refractivity contribution in [2.75, 3.05) is 0 Å². The first-order valence-corrected chi connectivity index (χ1v) is 2.76. The van der Waals surface area contributed by atoms with Crippen molar-refractivity contribution in [3.63, 3.8) is 0 Å². The van der Waals surface area contributed by atoms with Crippen molar-refractivity contribution < 1.29 is 30.8 Å². The lowest BCUT2D eigenvalue weighted by molar-refractivity contribution is -0.742. The topological polar surface area (TPSA) is 167 Å². The predicted molar refractivity (Wildman–Crippen MR) is 36.1 cm³/mol. The number of rotatable bonds is 1. The van der Waals surface area contributed by atoms with Gasteiger partial charge >= 0.3 is 0 Å². The molecule has 0 amide bonds. The molecule has 0 rings (SSSR count). The molecule has 0 saturated carbocycles. The highest BCUT2D eigenvalue weighted by molar-refractivity contribution is 4.21. The molecule has 0 spiro atoms. The van der Waals surface area contributed by atoms with Crippen LogP contribution in [-0.4, -0.2) is 37.1 Å². The summed E-state index contributed by atoms with van der Waals surface area (Å²) < 4.78 is 0. The van der Waals surface area contributed by atoms with Crippen LogP contribution >= 0.6 is 0 Å². The van der Waals surface area contributed by atoms with Gasteiger partial charge in [-0.15, -0.1) is 20.2 Å². The Morgan fingerprint density at radius 2 is 1.23 bits per heavy atom. The zero-order valence-electron chi connectivity index (χ0n) is 6.60. The van der Waals surface area contributed by atoms with Crippen molar-refractivity contribution in [3.05, 3.63) is 20.2 Å². The molecule has 13 heavy (non-hydrogen) atoms. The van der Waals surface area contributed by atoms with Crippen LogP contribution in [0.3, 0.4) is 0 Å². The van der Waals surface area contributed by atoms with Crippen molar-refractivity contribution in [3.8, 4) is 0 Å². The molecule has 0 aliphatic carbocycles. The van der Waals surface area contributed by atoms with E-state index in [0.717, 1.165) is 0 Å². The van der Waals surface area contributed by atoms with Crippen LogP contribution in [0.5, 0.6) is 0 Å². The Labute approximate surface area is 71.9 Å². The van der Waals surface area contributed by atoms with Crippen molar-refractivity contribution in [1.29, 1.82) is 0 Å². The van der Waals surface area contributed by atoms with Crippen LogP contribution in [0.1, 0.15) is 13.3 Å². The molecule has 0 bridgehead atoms. The second kappa shape index (κ2) is 12.9. The highest BCUT2D eigenvalue weighted by Gasteiger charge is 1.83. The van der Waals surface area contributed by atoms with E-state index in [1.54, 1.807) is 6.92 Å². The van der Waals surface area contributed by atoms with Gasteiger partial charge in [0.05, 0.1) is 0 Å². The molecule has 4 N–H and O–H groups in total. The Kier molecular flexibility index (Phi) is 17.3. The van der Waals surface area contributed by atoms with Gasteiger partial charge in [-0.1, -0.05) is 6.92 Å². The molecule has 0 radical (unpaired) electrons. The zero-order valence-corrected chi connectivity index (χ0v) is 6.60. The summed E-state index contributed by atoms with van der Waals surface area (Å²) in [6.45, 7) is 1.70. The van der Waals surface area contributed by atoms with Gasteiger partial charge in [-0.2, -0.15) is 0 Å². The molecular weight excluding hydrogens is 192 g/mol. The van der Waals surface area contributed by atoms with Gasteiger partial charge in [0.2, 0.25) is 0 Å².